The van der Waals surface area contributed by atoms with Gasteiger partial charge in [-0.3, -0.25) is 9.48 Å². The number of amides is 1. The van der Waals surface area contributed by atoms with Gasteiger partial charge < -0.3 is 14.9 Å². The van der Waals surface area contributed by atoms with E-state index in [9.17, 15) is 9.90 Å². The van der Waals surface area contributed by atoms with E-state index >= 15 is 0 Å². The summed E-state index contributed by atoms with van der Waals surface area (Å²) in [5.41, 5.74) is -0.0626. The van der Waals surface area contributed by atoms with Crippen molar-refractivity contribution in [3.8, 4) is 0 Å². The first kappa shape index (κ1) is 17.0. The van der Waals surface area contributed by atoms with Gasteiger partial charge in [0.1, 0.15) is 0 Å². The van der Waals surface area contributed by atoms with Crippen LogP contribution < -0.4 is 0 Å². The van der Waals surface area contributed by atoms with Gasteiger partial charge in [-0.05, 0) is 47.2 Å². The van der Waals surface area contributed by atoms with Gasteiger partial charge in [0, 0.05) is 31.9 Å². The van der Waals surface area contributed by atoms with Crippen molar-refractivity contribution in [2.75, 3.05) is 33.7 Å². The molecule has 0 aliphatic carbocycles. The molecule has 0 bridgehead atoms. The van der Waals surface area contributed by atoms with E-state index in [2.05, 4.69) is 5.10 Å². The molecule has 6 heteroatoms. The lowest BCUT2D eigenvalue weighted by atomic mass is 9.94. The van der Waals surface area contributed by atoms with Crippen LogP contribution in [0, 0.1) is 0 Å². The first-order valence-corrected chi connectivity index (χ1v) is 8.01. The number of carbonyl (C=O) groups excluding carboxylic acids is 1. The van der Waals surface area contributed by atoms with Gasteiger partial charge in [-0.1, -0.05) is 0 Å². The summed E-state index contributed by atoms with van der Waals surface area (Å²) in [6.45, 7) is 6.00. The number of aliphatic hydroxyl groups is 1. The molecule has 1 aromatic rings. The zero-order chi connectivity index (χ0) is 16.3. The van der Waals surface area contributed by atoms with Crippen molar-refractivity contribution in [1.29, 1.82) is 0 Å². The number of rotatable bonds is 4. The fraction of sp³-hybridized carbons (Fsp3) is 0.750. The summed E-state index contributed by atoms with van der Waals surface area (Å²) in [6, 6.07) is 0.246. The molecule has 0 saturated carbocycles. The maximum atomic E-state index is 12.6. The summed E-state index contributed by atoms with van der Waals surface area (Å²) in [5.74, 6) is 0.0148. The molecule has 22 heavy (non-hydrogen) atoms. The summed E-state index contributed by atoms with van der Waals surface area (Å²) < 4.78 is 1.80. The van der Waals surface area contributed by atoms with Gasteiger partial charge in [0.2, 0.25) is 0 Å². The molecule has 0 spiro atoms. The third kappa shape index (κ3) is 4.08. The Labute approximate surface area is 132 Å². The Morgan fingerprint density at radius 2 is 2.14 bits per heavy atom. The Bertz CT molecular complexity index is 512. The van der Waals surface area contributed by atoms with Gasteiger partial charge in [-0.15, -0.1) is 0 Å². The van der Waals surface area contributed by atoms with E-state index in [4.69, 9.17) is 0 Å². The average molecular weight is 308 g/mol. The highest BCUT2D eigenvalue weighted by atomic mass is 16.3. The zero-order valence-electron chi connectivity index (χ0n) is 14.1. The lowest BCUT2D eigenvalue weighted by Crippen LogP contribution is -2.41. The van der Waals surface area contributed by atoms with E-state index in [-0.39, 0.29) is 11.9 Å². The Morgan fingerprint density at radius 1 is 1.41 bits per heavy atom. The van der Waals surface area contributed by atoms with Crippen LogP contribution in [0.25, 0.3) is 0 Å². The number of aromatic nitrogens is 2. The molecule has 1 N–H and O–H groups in total. The van der Waals surface area contributed by atoms with Crippen LogP contribution >= 0.6 is 0 Å². The van der Waals surface area contributed by atoms with E-state index in [1.165, 1.54) is 0 Å². The Hall–Kier alpha value is -1.40. The molecule has 1 aliphatic rings. The second kappa shape index (κ2) is 6.79. The molecule has 2 rings (SSSR count). The summed E-state index contributed by atoms with van der Waals surface area (Å²) in [4.78, 5) is 16.4. The number of hydrogen-bond acceptors (Lipinski definition) is 4. The number of nitrogens with zero attached hydrogens (tertiary/aromatic N) is 4. The molecule has 1 fully saturated rings. The Kier molecular flexibility index (Phi) is 5.24. The molecule has 2 heterocycles. The highest BCUT2D eigenvalue weighted by Gasteiger charge is 2.32. The van der Waals surface area contributed by atoms with Crippen LogP contribution in [0.4, 0.5) is 0 Å². The second-order valence-electron chi connectivity index (χ2n) is 6.91. The standard InChI is InChI=1S/C16H28N4O2/c1-13(2)20-11-14(10-17-20)15(21)19-8-5-6-16(22,7-9-19)12-18(3)4/h10-11,13,22H,5-9,12H2,1-4H3/t16-/m1/s1. The highest BCUT2D eigenvalue weighted by Crippen LogP contribution is 2.24. The normalized spacial score (nSPS) is 23.1. The van der Waals surface area contributed by atoms with Gasteiger partial charge in [0.05, 0.1) is 17.4 Å². The SMILES string of the molecule is CC(C)n1cc(C(=O)N2CCC[C@](O)(CN(C)C)CC2)cn1. The molecule has 0 aromatic carbocycles. The van der Waals surface area contributed by atoms with Crippen molar-refractivity contribution in [2.24, 2.45) is 0 Å². The smallest absolute Gasteiger partial charge is 0.257 e. The first-order chi connectivity index (χ1) is 10.3. The van der Waals surface area contributed by atoms with E-state index in [0.717, 1.165) is 12.8 Å². The maximum absolute atomic E-state index is 12.6. The van der Waals surface area contributed by atoms with Gasteiger partial charge >= 0.3 is 0 Å². The van der Waals surface area contributed by atoms with Crippen molar-refractivity contribution in [1.82, 2.24) is 19.6 Å². The predicted molar refractivity (Wildman–Crippen MR) is 85.9 cm³/mol. The molecule has 6 nitrogen and oxygen atoms in total. The van der Waals surface area contributed by atoms with Gasteiger partial charge in [-0.2, -0.15) is 5.10 Å². The molecule has 0 unspecified atom stereocenters. The maximum Gasteiger partial charge on any atom is 0.257 e. The first-order valence-electron chi connectivity index (χ1n) is 8.01. The van der Waals surface area contributed by atoms with Crippen LogP contribution in [0.2, 0.25) is 0 Å². The van der Waals surface area contributed by atoms with E-state index in [1.54, 1.807) is 10.9 Å². The van der Waals surface area contributed by atoms with Crippen molar-refractivity contribution in [2.45, 2.75) is 44.8 Å². The second-order valence-corrected chi connectivity index (χ2v) is 6.91. The third-order valence-corrected chi connectivity index (χ3v) is 4.19. The summed E-state index contributed by atoms with van der Waals surface area (Å²) in [6.07, 6.45) is 5.63. The lowest BCUT2D eigenvalue weighted by molar-refractivity contribution is 0.00305. The monoisotopic (exact) mass is 308 g/mol. The summed E-state index contributed by atoms with van der Waals surface area (Å²) in [5, 5.41) is 14.9. The predicted octanol–water partition coefficient (Wildman–Crippen LogP) is 1.38. The fourth-order valence-electron chi connectivity index (χ4n) is 3.04. The topological polar surface area (TPSA) is 61.6 Å². The van der Waals surface area contributed by atoms with Gasteiger partial charge in [0.25, 0.3) is 5.91 Å². The van der Waals surface area contributed by atoms with Crippen molar-refractivity contribution < 1.29 is 9.90 Å². The molecular weight excluding hydrogens is 280 g/mol. The van der Waals surface area contributed by atoms with Crippen LogP contribution in [-0.2, 0) is 0 Å². The quantitative estimate of drug-likeness (QED) is 0.913. The molecule has 1 aliphatic heterocycles. The third-order valence-electron chi connectivity index (χ3n) is 4.19. The highest BCUT2D eigenvalue weighted by molar-refractivity contribution is 5.93. The van der Waals surface area contributed by atoms with Crippen molar-refractivity contribution in [3.05, 3.63) is 18.0 Å². The fourth-order valence-corrected chi connectivity index (χ4v) is 3.04. The van der Waals surface area contributed by atoms with Crippen LogP contribution in [0.3, 0.4) is 0 Å². The van der Waals surface area contributed by atoms with Gasteiger partial charge in [0.15, 0.2) is 0 Å². The van der Waals surface area contributed by atoms with Crippen LogP contribution in [0.5, 0.6) is 0 Å². The Morgan fingerprint density at radius 3 is 2.73 bits per heavy atom. The molecule has 1 amide bonds. The molecule has 1 aromatic heterocycles. The number of hydrogen-bond donors (Lipinski definition) is 1. The minimum Gasteiger partial charge on any atom is -0.388 e. The molecule has 124 valence electrons. The molecular formula is C16H28N4O2. The number of likely N-dealkylation sites (tertiary alicyclic amines) is 1. The summed E-state index contributed by atoms with van der Waals surface area (Å²) in [7, 11) is 3.93. The van der Waals surface area contributed by atoms with E-state index in [1.807, 2.05) is 43.9 Å². The average Bonchev–Trinajstić information content (AvgIpc) is 2.83. The van der Waals surface area contributed by atoms with Crippen LogP contribution in [-0.4, -0.2) is 69.9 Å². The van der Waals surface area contributed by atoms with Crippen molar-refractivity contribution in [3.63, 3.8) is 0 Å². The molecule has 0 radical (unpaired) electrons. The van der Waals surface area contributed by atoms with E-state index in [0.29, 0.717) is 31.6 Å². The minimum absolute atomic E-state index is 0.0148. The van der Waals surface area contributed by atoms with Crippen molar-refractivity contribution >= 4 is 5.91 Å². The summed E-state index contributed by atoms with van der Waals surface area (Å²) >= 11 is 0. The zero-order valence-corrected chi connectivity index (χ0v) is 14.1. The molecule has 1 atom stereocenters. The van der Waals surface area contributed by atoms with Gasteiger partial charge in [-0.25, -0.2) is 0 Å². The van der Waals surface area contributed by atoms with Crippen LogP contribution in [0.15, 0.2) is 12.4 Å². The molecule has 1 saturated heterocycles. The lowest BCUT2D eigenvalue weighted by Gasteiger charge is -2.29. The number of likely N-dealkylation sites (N-methyl/N-ethyl adjacent to an activating group) is 1. The van der Waals surface area contributed by atoms with Crippen LogP contribution in [0.1, 0.15) is 49.5 Å². The largest absolute Gasteiger partial charge is 0.388 e. The Balaban J connectivity index is 2.02. The minimum atomic E-state index is -0.694. The number of carbonyl (C=O) groups is 1. The van der Waals surface area contributed by atoms with E-state index < -0.39 is 5.60 Å².